The van der Waals surface area contributed by atoms with Gasteiger partial charge in [-0.1, -0.05) is 29.3 Å². The average Bonchev–Trinajstić information content (AvgIpc) is 2.62. The zero-order chi connectivity index (χ0) is 20.4. The summed E-state index contributed by atoms with van der Waals surface area (Å²) in [6, 6.07) is 5.28. The van der Waals surface area contributed by atoms with Gasteiger partial charge in [-0.25, -0.2) is 4.79 Å². The van der Waals surface area contributed by atoms with Gasteiger partial charge in [0.05, 0.1) is 6.61 Å². The van der Waals surface area contributed by atoms with Crippen LogP contribution in [0.3, 0.4) is 0 Å². The molecule has 28 heavy (non-hydrogen) atoms. The highest BCUT2D eigenvalue weighted by Crippen LogP contribution is 2.38. The molecule has 0 unspecified atom stereocenters. The molecular weight excluding hydrogens is 425 g/mol. The second-order valence-corrected chi connectivity index (χ2v) is 9.75. The van der Waals surface area contributed by atoms with Gasteiger partial charge in [-0.3, -0.25) is 0 Å². The lowest BCUT2D eigenvalue weighted by molar-refractivity contribution is 0.0926. The highest BCUT2D eigenvalue weighted by Gasteiger charge is 2.43. The van der Waals surface area contributed by atoms with Crippen molar-refractivity contribution in [1.29, 1.82) is 0 Å². The van der Waals surface area contributed by atoms with E-state index >= 15 is 0 Å². The number of halogens is 2. The van der Waals surface area contributed by atoms with E-state index in [0.717, 1.165) is 24.8 Å². The first kappa shape index (κ1) is 21.6. The molecule has 3 rings (SSSR count). The highest BCUT2D eigenvalue weighted by atomic mass is 35.5. The minimum absolute atomic E-state index is 0.242. The monoisotopic (exact) mass is 449 g/mol. The Kier molecular flexibility index (Phi) is 6.76. The fourth-order valence-corrected chi connectivity index (χ4v) is 5.68. The third kappa shape index (κ3) is 4.91. The Labute approximate surface area is 176 Å². The SMILES string of the molecule is CCOC(=O)N1CCN(S(=O)(=O)NC2(Cc3ccc(Cl)cc3Cl)CCC2)CC1. The zero-order valence-corrected chi connectivity index (χ0v) is 18.1. The Morgan fingerprint density at radius 2 is 1.89 bits per heavy atom. The summed E-state index contributed by atoms with van der Waals surface area (Å²) in [5.41, 5.74) is 0.342. The van der Waals surface area contributed by atoms with E-state index in [4.69, 9.17) is 27.9 Å². The Morgan fingerprint density at radius 1 is 1.21 bits per heavy atom. The van der Waals surface area contributed by atoms with E-state index in [0.29, 0.717) is 36.2 Å². The number of nitrogens with one attached hydrogen (secondary N) is 1. The van der Waals surface area contributed by atoms with Gasteiger partial charge in [0.1, 0.15) is 0 Å². The number of benzene rings is 1. The number of hydrogen-bond donors (Lipinski definition) is 1. The van der Waals surface area contributed by atoms with E-state index in [1.54, 1.807) is 19.1 Å². The van der Waals surface area contributed by atoms with Gasteiger partial charge in [-0.15, -0.1) is 0 Å². The summed E-state index contributed by atoms with van der Waals surface area (Å²) in [6.07, 6.45) is 2.59. The first-order valence-electron chi connectivity index (χ1n) is 9.39. The van der Waals surface area contributed by atoms with E-state index in [1.165, 1.54) is 9.21 Å². The number of nitrogens with zero attached hydrogens (tertiary/aromatic N) is 2. The number of piperazine rings is 1. The van der Waals surface area contributed by atoms with Gasteiger partial charge in [-0.05, 0) is 50.3 Å². The van der Waals surface area contributed by atoms with Crippen LogP contribution >= 0.6 is 23.2 Å². The van der Waals surface area contributed by atoms with Crippen LogP contribution in [-0.4, -0.2) is 62.0 Å². The molecule has 1 aromatic rings. The summed E-state index contributed by atoms with van der Waals surface area (Å²) in [6.45, 7) is 3.16. The lowest BCUT2D eigenvalue weighted by Crippen LogP contribution is -2.61. The van der Waals surface area contributed by atoms with Gasteiger partial charge in [-0.2, -0.15) is 17.4 Å². The van der Waals surface area contributed by atoms with E-state index < -0.39 is 21.8 Å². The number of rotatable bonds is 6. The molecule has 1 saturated carbocycles. The maximum atomic E-state index is 13.0. The lowest BCUT2D eigenvalue weighted by Gasteiger charge is -2.44. The molecule has 1 N–H and O–H groups in total. The van der Waals surface area contributed by atoms with Crippen molar-refractivity contribution in [3.8, 4) is 0 Å². The maximum absolute atomic E-state index is 13.0. The van der Waals surface area contributed by atoms with E-state index in [2.05, 4.69) is 4.72 Å². The number of carbonyl (C=O) groups excluding carboxylic acids is 1. The van der Waals surface area contributed by atoms with Crippen LogP contribution in [-0.2, 0) is 21.4 Å². The van der Waals surface area contributed by atoms with Crippen molar-refractivity contribution in [3.05, 3.63) is 33.8 Å². The molecule has 1 heterocycles. The van der Waals surface area contributed by atoms with E-state index in [1.807, 2.05) is 6.07 Å². The predicted octanol–water partition coefficient (Wildman–Crippen LogP) is 3.07. The summed E-state index contributed by atoms with van der Waals surface area (Å²) in [5.74, 6) is 0. The predicted molar refractivity (Wildman–Crippen MR) is 109 cm³/mol. The van der Waals surface area contributed by atoms with Crippen LogP contribution in [0.5, 0.6) is 0 Å². The van der Waals surface area contributed by atoms with Crippen LogP contribution in [0.2, 0.25) is 10.0 Å². The summed E-state index contributed by atoms with van der Waals surface area (Å²) < 4.78 is 35.2. The molecule has 2 aliphatic rings. The number of hydrogen-bond acceptors (Lipinski definition) is 4. The molecule has 0 aromatic heterocycles. The number of ether oxygens (including phenoxy) is 1. The molecule has 1 saturated heterocycles. The van der Waals surface area contributed by atoms with Crippen LogP contribution in [0.1, 0.15) is 31.7 Å². The molecule has 156 valence electrons. The first-order valence-corrected chi connectivity index (χ1v) is 11.6. The minimum atomic E-state index is -3.67. The standard InChI is InChI=1S/C18H25Cl2N3O4S/c1-2-27-17(24)22-8-10-23(11-9-22)28(25,26)21-18(6-3-7-18)13-14-4-5-15(19)12-16(14)20/h4-5,12,21H,2-3,6-11,13H2,1H3. The molecule has 2 fully saturated rings. The van der Waals surface area contributed by atoms with Crippen molar-refractivity contribution in [2.45, 2.75) is 38.1 Å². The summed E-state index contributed by atoms with van der Waals surface area (Å²) >= 11 is 12.2. The third-order valence-corrected chi connectivity index (χ3v) is 7.63. The second-order valence-electron chi connectivity index (χ2n) is 7.24. The summed E-state index contributed by atoms with van der Waals surface area (Å²) in [4.78, 5) is 13.3. The summed E-state index contributed by atoms with van der Waals surface area (Å²) in [5, 5.41) is 1.09. The molecule has 1 amide bonds. The minimum Gasteiger partial charge on any atom is -0.450 e. The molecule has 10 heteroatoms. The molecule has 0 spiro atoms. The van der Waals surface area contributed by atoms with Crippen LogP contribution < -0.4 is 4.72 Å². The van der Waals surface area contributed by atoms with Gasteiger partial charge >= 0.3 is 6.09 Å². The molecule has 1 aliphatic carbocycles. The van der Waals surface area contributed by atoms with Crippen LogP contribution in [0.4, 0.5) is 4.79 Å². The number of amides is 1. The maximum Gasteiger partial charge on any atom is 0.409 e. The highest BCUT2D eigenvalue weighted by molar-refractivity contribution is 7.87. The molecule has 7 nitrogen and oxygen atoms in total. The Bertz CT molecular complexity index is 822. The van der Waals surface area contributed by atoms with Crippen molar-refractivity contribution in [1.82, 2.24) is 13.9 Å². The lowest BCUT2D eigenvalue weighted by atomic mass is 9.74. The molecule has 1 aliphatic heterocycles. The van der Waals surface area contributed by atoms with Gasteiger partial charge in [0, 0.05) is 41.8 Å². The molecule has 0 radical (unpaired) electrons. The Hall–Kier alpha value is -1.06. The third-order valence-electron chi connectivity index (χ3n) is 5.30. The molecular formula is C18H25Cl2N3O4S. The number of carbonyl (C=O) groups is 1. The molecule has 0 atom stereocenters. The van der Waals surface area contributed by atoms with Gasteiger partial charge < -0.3 is 9.64 Å². The fourth-order valence-electron chi connectivity index (χ4n) is 3.61. The van der Waals surface area contributed by atoms with Crippen molar-refractivity contribution >= 4 is 39.5 Å². The Balaban J connectivity index is 1.64. The van der Waals surface area contributed by atoms with Crippen molar-refractivity contribution in [3.63, 3.8) is 0 Å². The van der Waals surface area contributed by atoms with Gasteiger partial charge in [0.15, 0.2) is 0 Å². The quantitative estimate of drug-likeness (QED) is 0.723. The second kappa shape index (κ2) is 8.75. The zero-order valence-electron chi connectivity index (χ0n) is 15.8. The fraction of sp³-hybridized carbons (Fsp3) is 0.611. The Morgan fingerprint density at radius 3 is 2.43 bits per heavy atom. The topological polar surface area (TPSA) is 79.0 Å². The smallest absolute Gasteiger partial charge is 0.409 e. The normalized spacial score (nSPS) is 19.9. The largest absolute Gasteiger partial charge is 0.450 e. The van der Waals surface area contributed by atoms with Crippen LogP contribution in [0, 0.1) is 0 Å². The van der Waals surface area contributed by atoms with Crippen LogP contribution in [0.25, 0.3) is 0 Å². The van der Waals surface area contributed by atoms with Crippen molar-refractivity contribution < 1.29 is 17.9 Å². The van der Waals surface area contributed by atoms with Crippen LogP contribution in [0.15, 0.2) is 18.2 Å². The molecule has 1 aromatic carbocycles. The van der Waals surface area contributed by atoms with E-state index in [9.17, 15) is 13.2 Å². The average molecular weight is 450 g/mol. The molecule has 0 bridgehead atoms. The van der Waals surface area contributed by atoms with Crippen molar-refractivity contribution in [2.24, 2.45) is 0 Å². The van der Waals surface area contributed by atoms with Crippen molar-refractivity contribution in [2.75, 3.05) is 32.8 Å². The van der Waals surface area contributed by atoms with E-state index in [-0.39, 0.29) is 13.1 Å². The van der Waals surface area contributed by atoms with Gasteiger partial charge in [0.2, 0.25) is 0 Å². The van der Waals surface area contributed by atoms with Gasteiger partial charge in [0.25, 0.3) is 10.2 Å². The first-order chi connectivity index (χ1) is 13.2. The summed E-state index contributed by atoms with van der Waals surface area (Å²) in [7, 11) is -3.67.